The van der Waals surface area contributed by atoms with Crippen LogP contribution in [0, 0.1) is 0 Å². The number of hydrogen-bond donors (Lipinski definition) is 2. The summed E-state index contributed by atoms with van der Waals surface area (Å²) >= 11 is 0. The zero-order chi connectivity index (χ0) is 15.3. The molecule has 1 aliphatic carbocycles. The Morgan fingerprint density at radius 3 is 2.76 bits per heavy atom. The number of hydrogen-bond acceptors (Lipinski definition) is 2. The van der Waals surface area contributed by atoms with Gasteiger partial charge in [0.2, 0.25) is 0 Å². The number of benzene rings is 1. The normalized spacial score (nSPS) is 18.5. The number of carbonyl (C=O) groups excluding carboxylic acids is 1. The maximum atomic E-state index is 12.2. The maximum absolute atomic E-state index is 12.2. The molecule has 0 saturated heterocycles. The Bertz CT molecular complexity index is 526. The van der Waals surface area contributed by atoms with Gasteiger partial charge in [-0.15, -0.1) is 0 Å². The lowest BCUT2D eigenvalue weighted by Gasteiger charge is -2.19. The third-order valence-corrected chi connectivity index (χ3v) is 3.31. The molecular weight excluding hydrogens is 281 g/mol. The number of amides is 1. The Balaban J connectivity index is 1.91. The van der Waals surface area contributed by atoms with E-state index in [2.05, 4.69) is 17.5 Å². The molecule has 0 fully saturated rings. The van der Waals surface area contributed by atoms with Gasteiger partial charge in [-0.05, 0) is 37.0 Å². The van der Waals surface area contributed by atoms with Gasteiger partial charge in [-0.25, -0.2) is 0 Å². The van der Waals surface area contributed by atoms with Crippen molar-refractivity contribution in [3.8, 4) is 0 Å². The van der Waals surface area contributed by atoms with E-state index in [4.69, 9.17) is 0 Å². The third kappa shape index (κ3) is 4.90. The summed E-state index contributed by atoms with van der Waals surface area (Å²) in [6.45, 7) is 0.564. The quantitative estimate of drug-likeness (QED) is 0.837. The van der Waals surface area contributed by atoms with Gasteiger partial charge in [-0.3, -0.25) is 4.79 Å². The Labute approximate surface area is 121 Å². The van der Waals surface area contributed by atoms with Gasteiger partial charge in [0, 0.05) is 18.3 Å². The molecule has 1 aliphatic rings. The number of anilines is 1. The van der Waals surface area contributed by atoms with E-state index < -0.39 is 12.1 Å². The fourth-order valence-electron chi connectivity index (χ4n) is 2.20. The summed E-state index contributed by atoms with van der Waals surface area (Å²) in [5.74, 6) is -1.95. The fourth-order valence-corrected chi connectivity index (χ4v) is 2.20. The fraction of sp³-hybridized carbons (Fsp3) is 0.400. The molecule has 6 heteroatoms. The Kier molecular flexibility index (Phi) is 5.01. The molecule has 1 unspecified atom stereocenters. The Morgan fingerprint density at radius 2 is 2.10 bits per heavy atom. The zero-order valence-electron chi connectivity index (χ0n) is 11.4. The van der Waals surface area contributed by atoms with Crippen LogP contribution in [0.5, 0.6) is 0 Å². The Hall–Kier alpha value is -1.82. The molecule has 0 aromatic heterocycles. The van der Waals surface area contributed by atoms with E-state index in [-0.39, 0.29) is 5.69 Å². The van der Waals surface area contributed by atoms with Gasteiger partial charge in [-0.2, -0.15) is 13.2 Å². The minimum absolute atomic E-state index is 0.153. The second kappa shape index (κ2) is 6.76. The average molecular weight is 298 g/mol. The highest BCUT2D eigenvalue weighted by molar-refractivity contribution is 5.94. The number of rotatable bonds is 4. The number of halogens is 3. The molecule has 3 nitrogen and oxygen atoms in total. The van der Waals surface area contributed by atoms with Gasteiger partial charge < -0.3 is 10.6 Å². The van der Waals surface area contributed by atoms with Crippen molar-refractivity contribution < 1.29 is 18.0 Å². The molecule has 2 rings (SSSR count). The average Bonchev–Trinajstić information content (AvgIpc) is 2.46. The minimum Gasteiger partial charge on any atom is -0.318 e. The SMILES string of the molecule is O=C(Nc1cccc(CNC2CC=CCC2)c1)C(F)(F)F. The van der Waals surface area contributed by atoms with Crippen LogP contribution in [0.15, 0.2) is 36.4 Å². The molecule has 1 aromatic carbocycles. The van der Waals surface area contributed by atoms with Crippen LogP contribution in [0.25, 0.3) is 0 Å². The largest absolute Gasteiger partial charge is 0.471 e. The van der Waals surface area contributed by atoms with Crippen molar-refractivity contribution in [1.29, 1.82) is 0 Å². The van der Waals surface area contributed by atoms with E-state index in [0.717, 1.165) is 24.8 Å². The molecule has 1 amide bonds. The molecule has 0 saturated carbocycles. The van der Waals surface area contributed by atoms with Gasteiger partial charge in [-0.1, -0.05) is 24.3 Å². The van der Waals surface area contributed by atoms with Crippen molar-refractivity contribution in [3.63, 3.8) is 0 Å². The topological polar surface area (TPSA) is 41.1 Å². The first-order valence-corrected chi connectivity index (χ1v) is 6.80. The smallest absolute Gasteiger partial charge is 0.318 e. The minimum atomic E-state index is -4.87. The van der Waals surface area contributed by atoms with Crippen molar-refractivity contribution in [3.05, 3.63) is 42.0 Å². The summed E-state index contributed by atoms with van der Waals surface area (Å²) in [6, 6.07) is 6.83. The van der Waals surface area contributed by atoms with Crippen LogP contribution in [0.3, 0.4) is 0 Å². The maximum Gasteiger partial charge on any atom is 0.471 e. The highest BCUT2D eigenvalue weighted by Gasteiger charge is 2.38. The summed E-state index contributed by atoms with van der Waals surface area (Å²) in [6.07, 6.45) is 2.46. The first kappa shape index (κ1) is 15.6. The van der Waals surface area contributed by atoms with Crippen molar-refractivity contribution in [2.24, 2.45) is 0 Å². The van der Waals surface area contributed by atoms with Gasteiger partial charge in [0.1, 0.15) is 0 Å². The van der Waals surface area contributed by atoms with Crippen molar-refractivity contribution >= 4 is 11.6 Å². The van der Waals surface area contributed by atoms with Gasteiger partial charge >= 0.3 is 12.1 Å². The Morgan fingerprint density at radius 1 is 1.29 bits per heavy atom. The molecule has 1 aromatic rings. The zero-order valence-corrected chi connectivity index (χ0v) is 11.4. The molecule has 0 heterocycles. The molecule has 114 valence electrons. The molecule has 0 bridgehead atoms. The highest BCUT2D eigenvalue weighted by atomic mass is 19.4. The van der Waals surface area contributed by atoms with Gasteiger partial charge in [0.25, 0.3) is 0 Å². The highest BCUT2D eigenvalue weighted by Crippen LogP contribution is 2.19. The van der Waals surface area contributed by atoms with E-state index in [1.165, 1.54) is 6.07 Å². The standard InChI is InChI=1S/C15H17F3N2O/c16-15(17,18)14(21)20-13-8-4-5-11(9-13)10-19-12-6-2-1-3-7-12/h1-2,4-5,8-9,12,19H,3,6-7,10H2,(H,20,21). The van der Waals surface area contributed by atoms with Crippen molar-refractivity contribution in [2.45, 2.75) is 38.0 Å². The predicted octanol–water partition coefficient (Wildman–Crippen LogP) is 3.39. The molecule has 21 heavy (non-hydrogen) atoms. The van der Waals surface area contributed by atoms with Crippen molar-refractivity contribution in [2.75, 3.05) is 5.32 Å². The van der Waals surface area contributed by atoms with Crippen LogP contribution < -0.4 is 10.6 Å². The second-order valence-electron chi connectivity index (χ2n) is 5.01. The summed E-state index contributed by atoms with van der Waals surface area (Å²) in [5, 5.41) is 5.22. The van der Waals surface area contributed by atoms with Crippen LogP contribution in [0.2, 0.25) is 0 Å². The lowest BCUT2D eigenvalue weighted by molar-refractivity contribution is -0.167. The van der Waals surface area contributed by atoms with E-state index in [1.807, 2.05) is 11.4 Å². The predicted molar refractivity (Wildman–Crippen MR) is 74.7 cm³/mol. The number of allylic oxidation sites excluding steroid dienone is 1. The van der Waals surface area contributed by atoms with Gasteiger partial charge in [0.05, 0.1) is 0 Å². The lowest BCUT2D eigenvalue weighted by atomic mass is 10.0. The molecular formula is C15H17F3N2O. The molecule has 2 N–H and O–H groups in total. The summed E-state index contributed by atoms with van der Waals surface area (Å²) < 4.78 is 36.6. The van der Waals surface area contributed by atoms with Crippen LogP contribution in [0.1, 0.15) is 24.8 Å². The molecule has 0 spiro atoms. The van der Waals surface area contributed by atoms with Crippen LogP contribution in [0.4, 0.5) is 18.9 Å². The molecule has 1 atom stereocenters. The number of nitrogens with one attached hydrogen (secondary N) is 2. The first-order valence-electron chi connectivity index (χ1n) is 6.80. The molecule has 0 aliphatic heterocycles. The van der Waals surface area contributed by atoms with E-state index >= 15 is 0 Å². The number of alkyl halides is 3. The first-order chi connectivity index (χ1) is 9.95. The van der Waals surface area contributed by atoms with Crippen LogP contribution >= 0.6 is 0 Å². The summed E-state index contributed by atoms with van der Waals surface area (Å²) in [7, 11) is 0. The summed E-state index contributed by atoms with van der Waals surface area (Å²) in [5.41, 5.74) is 0.990. The summed E-state index contributed by atoms with van der Waals surface area (Å²) in [4.78, 5) is 10.9. The van der Waals surface area contributed by atoms with Crippen LogP contribution in [-0.2, 0) is 11.3 Å². The number of carbonyl (C=O) groups is 1. The monoisotopic (exact) mass is 298 g/mol. The van der Waals surface area contributed by atoms with E-state index in [0.29, 0.717) is 12.6 Å². The van der Waals surface area contributed by atoms with Crippen LogP contribution in [-0.4, -0.2) is 18.1 Å². The lowest BCUT2D eigenvalue weighted by Crippen LogP contribution is -2.30. The molecule has 0 radical (unpaired) electrons. The van der Waals surface area contributed by atoms with Crippen molar-refractivity contribution in [1.82, 2.24) is 5.32 Å². The van der Waals surface area contributed by atoms with Gasteiger partial charge in [0.15, 0.2) is 0 Å². The van der Waals surface area contributed by atoms with E-state index in [9.17, 15) is 18.0 Å². The van der Waals surface area contributed by atoms with E-state index in [1.54, 1.807) is 12.1 Å². The second-order valence-corrected chi connectivity index (χ2v) is 5.01. The third-order valence-electron chi connectivity index (χ3n) is 3.31.